The summed E-state index contributed by atoms with van der Waals surface area (Å²) in [6.45, 7) is 1.04. The lowest BCUT2D eigenvalue weighted by molar-refractivity contribution is 0.0988. The number of hydrogen-bond acceptors (Lipinski definition) is 5. The highest BCUT2D eigenvalue weighted by atomic mass is 19.1. The number of ether oxygens (including phenoxy) is 1. The van der Waals surface area contributed by atoms with Gasteiger partial charge in [-0.3, -0.25) is 4.79 Å². The van der Waals surface area contributed by atoms with Crippen LogP contribution in [0.2, 0.25) is 0 Å². The number of rotatable bonds is 6. The molecule has 0 amide bonds. The minimum atomic E-state index is -0.492. The van der Waals surface area contributed by atoms with Crippen molar-refractivity contribution in [2.45, 2.75) is 31.7 Å². The number of aromatic nitrogens is 3. The van der Waals surface area contributed by atoms with Crippen molar-refractivity contribution in [3.8, 4) is 17.1 Å². The van der Waals surface area contributed by atoms with Crippen molar-refractivity contribution in [1.82, 2.24) is 15.0 Å². The first kappa shape index (κ1) is 20.8. The molecule has 172 valence electrons. The maximum absolute atomic E-state index is 14.6. The second kappa shape index (κ2) is 8.24. The summed E-state index contributed by atoms with van der Waals surface area (Å²) >= 11 is 0. The average Bonchev–Trinajstić information content (AvgIpc) is 3.61. The standard InChI is InChI=1S/C27H25FN4O2/c1-34-24-4-2-3-20(28)25(24)27-30-12-10-22(31-27)23(33)14-17-6-8-21-19(9-11-29-21)26(17)32-15-16-5-7-18(32)13-16/h2-4,6,8-12,16,18,29H,5,7,13-15H2,1H3/t16-,18+/m0/s1. The lowest BCUT2D eigenvalue weighted by Gasteiger charge is -2.31. The maximum atomic E-state index is 14.6. The number of Topliss-reactive ketones (excluding diaryl/α,β-unsaturated/α-hetero) is 1. The van der Waals surface area contributed by atoms with Crippen molar-refractivity contribution in [2.75, 3.05) is 18.6 Å². The summed E-state index contributed by atoms with van der Waals surface area (Å²) in [6, 6.07) is 12.8. The van der Waals surface area contributed by atoms with E-state index in [0.717, 1.165) is 34.6 Å². The zero-order valence-electron chi connectivity index (χ0n) is 18.9. The van der Waals surface area contributed by atoms with Gasteiger partial charge in [-0.2, -0.15) is 0 Å². The first-order valence-corrected chi connectivity index (χ1v) is 11.7. The van der Waals surface area contributed by atoms with Crippen molar-refractivity contribution >= 4 is 22.4 Å². The number of methoxy groups -OCH3 is 1. The Balaban J connectivity index is 1.36. The van der Waals surface area contributed by atoms with E-state index in [9.17, 15) is 9.18 Å². The maximum Gasteiger partial charge on any atom is 0.185 e. The highest BCUT2D eigenvalue weighted by Crippen LogP contribution is 2.44. The third-order valence-corrected chi connectivity index (χ3v) is 7.20. The van der Waals surface area contributed by atoms with Crippen LogP contribution in [0.3, 0.4) is 0 Å². The van der Waals surface area contributed by atoms with E-state index in [2.05, 4.69) is 25.9 Å². The molecular weight excluding hydrogens is 431 g/mol. The molecule has 0 unspecified atom stereocenters. The minimum absolute atomic E-state index is 0.126. The fraction of sp³-hybridized carbons (Fsp3) is 0.296. The van der Waals surface area contributed by atoms with E-state index in [1.807, 2.05) is 18.3 Å². The highest BCUT2D eigenvalue weighted by molar-refractivity contribution is 6.00. The molecule has 1 saturated heterocycles. The molecule has 4 aromatic rings. The van der Waals surface area contributed by atoms with Crippen LogP contribution in [0.1, 0.15) is 35.3 Å². The smallest absolute Gasteiger partial charge is 0.185 e. The molecule has 6 nitrogen and oxygen atoms in total. The number of fused-ring (bicyclic) bond motifs is 3. The van der Waals surface area contributed by atoms with Crippen LogP contribution in [0.15, 0.2) is 54.9 Å². The minimum Gasteiger partial charge on any atom is -0.496 e. The van der Waals surface area contributed by atoms with Gasteiger partial charge in [-0.25, -0.2) is 14.4 Å². The van der Waals surface area contributed by atoms with Gasteiger partial charge in [0.05, 0.1) is 18.4 Å². The van der Waals surface area contributed by atoms with Crippen LogP contribution in [0, 0.1) is 11.7 Å². The molecule has 1 aliphatic carbocycles. The van der Waals surface area contributed by atoms with Gasteiger partial charge in [0.25, 0.3) is 0 Å². The molecule has 1 aliphatic heterocycles. The third-order valence-electron chi connectivity index (χ3n) is 7.20. The number of halogens is 1. The first-order chi connectivity index (χ1) is 16.6. The van der Waals surface area contributed by atoms with Gasteiger partial charge in [0.2, 0.25) is 0 Å². The van der Waals surface area contributed by atoms with Crippen LogP contribution in [0.5, 0.6) is 5.75 Å². The van der Waals surface area contributed by atoms with Crippen LogP contribution in [-0.2, 0) is 6.42 Å². The molecule has 7 heteroatoms. The van der Waals surface area contributed by atoms with Crippen molar-refractivity contribution in [3.05, 3.63) is 71.9 Å². The van der Waals surface area contributed by atoms with Crippen molar-refractivity contribution in [3.63, 3.8) is 0 Å². The Labute approximate surface area is 196 Å². The molecule has 2 aromatic carbocycles. The van der Waals surface area contributed by atoms with E-state index in [4.69, 9.17) is 4.74 Å². The molecule has 2 bridgehead atoms. The molecule has 2 aliphatic rings. The number of aromatic amines is 1. The SMILES string of the molecule is COc1cccc(F)c1-c1nccc(C(=O)Cc2ccc3[nH]ccc3c2N2C[C@H]3CC[C@@H]2C3)n1. The van der Waals surface area contributed by atoms with E-state index < -0.39 is 5.82 Å². The van der Waals surface area contributed by atoms with Gasteiger partial charge in [-0.1, -0.05) is 12.1 Å². The van der Waals surface area contributed by atoms with Gasteiger partial charge in [0.15, 0.2) is 11.6 Å². The molecule has 34 heavy (non-hydrogen) atoms. The van der Waals surface area contributed by atoms with E-state index in [0.29, 0.717) is 11.8 Å². The van der Waals surface area contributed by atoms with E-state index in [1.165, 1.54) is 38.6 Å². The van der Waals surface area contributed by atoms with Crippen LogP contribution in [-0.4, -0.2) is 40.4 Å². The predicted octanol–water partition coefficient (Wildman–Crippen LogP) is 5.19. The number of ketones is 1. The number of hydrogen-bond donors (Lipinski definition) is 1. The lowest BCUT2D eigenvalue weighted by Crippen LogP contribution is -2.33. The summed E-state index contributed by atoms with van der Waals surface area (Å²) in [5, 5.41) is 1.15. The topological polar surface area (TPSA) is 71.1 Å². The summed E-state index contributed by atoms with van der Waals surface area (Å²) in [6.07, 6.45) is 7.40. The van der Waals surface area contributed by atoms with Crippen LogP contribution >= 0.6 is 0 Å². The Bertz CT molecular complexity index is 1400. The van der Waals surface area contributed by atoms with Crippen LogP contribution < -0.4 is 9.64 Å². The summed E-state index contributed by atoms with van der Waals surface area (Å²) in [5.41, 5.74) is 3.64. The molecule has 0 spiro atoms. The molecule has 2 fully saturated rings. The predicted molar refractivity (Wildman–Crippen MR) is 129 cm³/mol. The monoisotopic (exact) mass is 456 g/mol. The van der Waals surface area contributed by atoms with Gasteiger partial charge < -0.3 is 14.6 Å². The van der Waals surface area contributed by atoms with E-state index in [1.54, 1.807) is 18.2 Å². The molecule has 1 N–H and O–H groups in total. The normalized spacial score (nSPS) is 19.2. The zero-order chi connectivity index (χ0) is 23.2. The Hall–Kier alpha value is -3.74. The number of piperidine rings is 1. The van der Waals surface area contributed by atoms with Gasteiger partial charge in [0, 0.05) is 42.3 Å². The van der Waals surface area contributed by atoms with Gasteiger partial charge in [-0.05, 0) is 61.1 Å². The van der Waals surface area contributed by atoms with Crippen LogP contribution in [0.4, 0.5) is 10.1 Å². The quantitative estimate of drug-likeness (QED) is 0.405. The number of benzene rings is 2. The Morgan fingerprint density at radius 2 is 2.12 bits per heavy atom. The summed E-state index contributed by atoms with van der Waals surface area (Å²) < 4.78 is 19.9. The van der Waals surface area contributed by atoms with Gasteiger partial charge >= 0.3 is 0 Å². The molecule has 6 rings (SSSR count). The van der Waals surface area contributed by atoms with Crippen molar-refractivity contribution in [1.29, 1.82) is 0 Å². The lowest BCUT2D eigenvalue weighted by atomic mass is 9.99. The first-order valence-electron chi connectivity index (χ1n) is 11.7. The second-order valence-electron chi connectivity index (χ2n) is 9.18. The number of H-pyrrole nitrogens is 1. The third kappa shape index (κ3) is 3.43. The number of nitrogens with zero attached hydrogens (tertiary/aromatic N) is 3. The molecule has 3 heterocycles. The summed E-state index contributed by atoms with van der Waals surface area (Å²) in [4.78, 5) is 27.8. The molecule has 2 aromatic heterocycles. The largest absolute Gasteiger partial charge is 0.496 e. The number of anilines is 1. The number of carbonyl (C=O) groups is 1. The average molecular weight is 457 g/mol. The fourth-order valence-electron chi connectivity index (χ4n) is 5.63. The fourth-order valence-corrected chi connectivity index (χ4v) is 5.63. The highest BCUT2D eigenvalue weighted by Gasteiger charge is 2.39. The Morgan fingerprint density at radius 3 is 2.91 bits per heavy atom. The molecule has 1 saturated carbocycles. The van der Waals surface area contributed by atoms with E-state index in [-0.39, 0.29) is 29.3 Å². The van der Waals surface area contributed by atoms with E-state index >= 15 is 0 Å². The number of carbonyl (C=O) groups excluding carboxylic acids is 1. The van der Waals surface area contributed by atoms with Crippen molar-refractivity contribution in [2.24, 2.45) is 5.92 Å². The zero-order valence-corrected chi connectivity index (χ0v) is 18.9. The van der Waals surface area contributed by atoms with Crippen LogP contribution in [0.25, 0.3) is 22.3 Å². The Morgan fingerprint density at radius 1 is 1.21 bits per heavy atom. The summed E-state index contributed by atoms with van der Waals surface area (Å²) in [5.74, 6) is 0.587. The molecule has 0 radical (unpaired) electrons. The van der Waals surface area contributed by atoms with Gasteiger partial charge in [-0.15, -0.1) is 0 Å². The molecular formula is C27H25FN4O2. The van der Waals surface area contributed by atoms with Gasteiger partial charge in [0.1, 0.15) is 17.3 Å². The molecule has 2 atom stereocenters. The second-order valence-corrected chi connectivity index (χ2v) is 9.18. The van der Waals surface area contributed by atoms with Crippen molar-refractivity contribution < 1.29 is 13.9 Å². The number of nitrogens with one attached hydrogen (secondary N) is 1. The summed E-state index contributed by atoms with van der Waals surface area (Å²) in [7, 11) is 1.47. The Kier molecular flexibility index (Phi) is 5.05.